The van der Waals surface area contributed by atoms with Gasteiger partial charge < -0.3 is 10.2 Å². The molecule has 1 aromatic heterocycles. The van der Waals surface area contributed by atoms with Crippen LogP contribution < -0.4 is 5.32 Å². The number of aryl methyl sites for hydroxylation is 1. The average molecular weight is 452 g/mol. The highest BCUT2D eigenvalue weighted by atomic mass is 35.5. The number of halogens is 1. The lowest BCUT2D eigenvalue weighted by molar-refractivity contribution is 0.0951. The van der Waals surface area contributed by atoms with Crippen molar-refractivity contribution >= 4 is 17.5 Å². The number of piperazine rings is 1. The molecule has 0 bridgehead atoms. The number of hydrogen-bond donors (Lipinski definition) is 1. The maximum absolute atomic E-state index is 12.7. The largest absolute Gasteiger partial charge is 0.348 e. The minimum atomic E-state index is -0.0904. The van der Waals surface area contributed by atoms with Crippen molar-refractivity contribution in [2.75, 3.05) is 33.2 Å². The van der Waals surface area contributed by atoms with Gasteiger partial charge in [0.15, 0.2) is 0 Å². The van der Waals surface area contributed by atoms with Crippen molar-refractivity contribution in [3.63, 3.8) is 0 Å². The molecule has 3 aromatic rings. The van der Waals surface area contributed by atoms with E-state index in [4.69, 9.17) is 11.6 Å². The van der Waals surface area contributed by atoms with Crippen LogP contribution in [0.4, 0.5) is 0 Å². The van der Waals surface area contributed by atoms with Crippen molar-refractivity contribution in [1.29, 1.82) is 0 Å². The second-order valence-electron chi connectivity index (χ2n) is 8.53. The number of carbonyl (C=O) groups is 1. The standard InChI is InChI=1S/C25H30ClN5O/c1-18-24(26)19(2)31(28-18)23-9-7-22(8-10-23)25(32)27-16-20-5-4-6-21(15-20)17-30-13-11-29(3)12-14-30/h4-10,15H,11-14,16-17H2,1-3H3,(H,27,32). The molecule has 1 amide bonds. The molecule has 0 aliphatic carbocycles. The van der Waals surface area contributed by atoms with Crippen LogP contribution in [0, 0.1) is 13.8 Å². The Labute approximate surface area is 194 Å². The van der Waals surface area contributed by atoms with Gasteiger partial charge in [-0.3, -0.25) is 9.69 Å². The van der Waals surface area contributed by atoms with Crippen LogP contribution in [0.15, 0.2) is 48.5 Å². The molecule has 2 heterocycles. The molecule has 2 aromatic carbocycles. The molecule has 7 heteroatoms. The molecule has 1 aliphatic rings. The van der Waals surface area contributed by atoms with E-state index < -0.39 is 0 Å². The molecule has 1 saturated heterocycles. The van der Waals surface area contributed by atoms with Gasteiger partial charge in [0, 0.05) is 44.8 Å². The number of nitrogens with one attached hydrogen (secondary N) is 1. The van der Waals surface area contributed by atoms with E-state index in [0.717, 1.165) is 55.4 Å². The monoisotopic (exact) mass is 451 g/mol. The molecule has 0 radical (unpaired) electrons. The summed E-state index contributed by atoms with van der Waals surface area (Å²) in [6, 6.07) is 15.9. The Balaban J connectivity index is 1.35. The maximum Gasteiger partial charge on any atom is 0.251 e. The molecule has 0 atom stereocenters. The van der Waals surface area contributed by atoms with Gasteiger partial charge in [-0.2, -0.15) is 5.10 Å². The molecular formula is C25H30ClN5O. The Hall–Kier alpha value is -2.67. The van der Waals surface area contributed by atoms with Crippen LogP contribution in [0.1, 0.15) is 32.9 Å². The highest BCUT2D eigenvalue weighted by molar-refractivity contribution is 6.31. The van der Waals surface area contributed by atoms with Crippen LogP contribution in [-0.4, -0.2) is 58.7 Å². The van der Waals surface area contributed by atoms with E-state index in [-0.39, 0.29) is 5.91 Å². The van der Waals surface area contributed by atoms with Gasteiger partial charge in [-0.05, 0) is 56.3 Å². The molecule has 4 rings (SSSR count). The van der Waals surface area contributed by atoms with Crippen LogP contribution in [0.25, 0.3) is 5.69 Å². The minimum Gasteiger partial charge on any atom is -0.348 e. The average Bonchev–Trinajstić information content (AvgIpc) is 3.06. The van der Waals surface area contributed by atoms with E-state index in [1.54, 1.807) is 4.68 Å². The first-order valence-corrected chi connectivity index (χ1v) is 11.4. The second-order valence-corrected chi connectivity index (χ2v) is 8.90. The predicted octanol–water partition coefficient (Wildman–Crippen LogP) is 3.82. The fourth-order valence-corrected chi connectivity index (χ4v) is 4.13. The zero-order chi connectivity index (χ0) is 22.7. The second kappa shape index (κ2) is 9.86. The number of aromatic nitrogens is 2. The molecule has 1 N–H and O–H groups in total. The van der Waals surface area contributed by atoms with Crippen LogP contribution in [0.2, 0.25) is 5.02 Å². The smallest absolute Gasteiger partial charge is 0.251 e. The lowest BCUT2D eigenvalue weighted by Gasteiger charge is -2.32. The molecule has 0 unspecified atom stereocenters. The molecule has 6 nitrogen and oxygen atoms in total. The molecule has 0 spiro atoms. The van der Waals surface area contributed by atoms with Crippen molar-refractivity contribution in [3.8, 4) is 5.69 Å². The normalized spacial score (nSPS) is 15.1. The van der Waals surface area contributed by atoms with E-state index in [1.807, 2.05) is 38.1 Å². The zero-order valence-electron chi connectivity index (χ0n) is 18.9. The number of hydrogen-bond acceptors (Lipinski definition) is 4. The highest BCUT2D eigenvalue weighted by Gasteiger charge is 2.14. The first-order valence-electron chi connectivity index (χ1n) is 11.0. The van der Waals surface area contributed by atoms with Gasteiger partial charge in [-0.15, -0.1) is 0 Å². The fraction of sp³-hybridized carbons (Fsp3) is 0.360. The quantitative estimate of drug-likeness (QED) is 0.619. The van der Waals surface area contributed by atoms with Crippen molar-refractivity contribution < 1.29 is 4.79 Å². The summed E-state index contributed by atoms with van der Waals surface area (Å²) in [5.74, 6) is -0.0904. The van der Waals surface area contributed by atoms with Gasteiger partial charge >= 0.3 is 0 Å². The summed E-state index contributed by atoms with van der Waals surface area (Å²) in [6.45, 7) is 9.68. The summed E-state index contributed by atoms with van der Waals surface area (Å²) >= 11 is 6.25. The van der Waals surface area contributed by atoms with Crippen molar-refractivity contribution in [1.82, 2.24) is 24.9 Å². The minimum absolute atomic E-state index is 0.0904. The Morgan fingerprint density at radius 1 is 1.03 bits per heavy atom. The van der Waals surface area contributed by atoms with E-state index in [0.29, 0.717) is 17.1 Å². The molecule has 32 heavy (non-hydrogen) atoms. The van der Waals surface area contributed by atoms with Gasteiger partial charge in [0.2, 0.25) is 0 Å². The number of nitrogens with zero attached hydrogens (tertiary/aromatic N) is 4. The number of benzene rings is 2. The number of carbonyl (C=O) groups excluding carboxylic acids is 1. The number of amides is 1. The van der Waals surface area contributed by atoms with Crippen LogP contribution in [-0.2, 0) is 13.1 Å². The Kier molecular flexibility index (Phi) is 6.94. The third-order valence-corrected chi connectivity index (χ3v) is 6.57. The first-order chi connectivity index (χ1) is 15.4. The topological polar surface area (TPSA) is 53.4 Å². The highest BCUT2D eigenvalue weighted by Crippen LogP contribution is 2.22. The summed E-state index contributed by atoms with van der Waals surface area (Å²) in [5, 5.41) is 8.16. The third-order valence-electron chi connectivity index (χ3n) is 6.02. The van der Waals surface area contributed by atoms with Crippen LogP contribution >= 0.6 is 11.6 Å². The summed E-state index contributed by atoms with van der Waals surface area (Å²) in [6.07, 6.45) is 0. The molecule has 168 valence electrons. The van der Waals surface area contributed by atoms with Crippen molar-refractivity contribution in [2.24, 2.45) is 0 Å². The van der Waals surface area contributed by atoms with E-state index in [1.165, 1.54) is 5.56 Å². The predicted molar refractivity (Wildman–Crippen MR) is 128 cm³/mol. The molecular weight excluding hydrogens is 422 g/mol. The summed E-state index contributed by atoms with van der Waals surface area (Å²) in [7, 11) is 2.17. The lowest BCUT2D eigenvalue weighted by atomic mass is 10.1. The van der Waals surface area contributed by atoms with Crippen molar-refractivity contribution in [3.05, 3.63) is 81.6 Å². The van der Waals surface area contributed by atoms with Crippen LogP contribution in [0.5, 0.6) is 0 Å². The van der Waals surface area contributed by atoms with E-state index >= 15 is 0 Å². The number of rotatable bonds is 6. The SMILES string of the molecule is Cc1nn(-c2ccc(C(=O)NCc3cccc(CN4CCN(C)CC4)c3)cc2)c(C)c1Cl. The van der Waals surface area contributed by atoms with Gasteiger partial charge in [0.1, 0.15) is 0 Å². The Morgan fingerprint density at radius 2 is 1.72 bits per heavy atom. The van der Waals surface area contributed by atoms with Gasteiger partial charge in [-0.1, -0.05) is 35.9 Å². The fourth-order valence-electron chi connectivity index (χ4n) is 4.02. The van der Waals surface area contributed by atoms with Gasteiger partial charge in [0.05, 0.1) is 22.1 Å². The summed E-state index contributed by atoms with van der Waals surface area (Å²) < 4.78 is 1.80. The van der Waals surface area contributed by atoms with E-state index in [2.05, 4.69) is 51.5 Å². The third kappa shape index (κ3) is 5.21. The van der Waals surface area contributed by atoms with Gasteiger partial charge in [0.25, 0.3) is 5.91 Å². The molecule has 1 fully saturated rings. The molecule has 1 aliphatic heterocycles. The van der Waals surface area contributed by atoms with Crippen LogP contribution in [0.3, 0.4) is 0 Å². The maximum atomic E-state index is 12.7. The number of likely N-dealkylation sites (N-methyl/N-ethyl adjacent to an activating group) is 1. The Morgan fingerprint density at radius 3 is 2.38 bits per heavy atom. The Bertz CT molecular complexity index is 1080. The first kappa shape index (κ1) is 22.5. The van der Waals surface area contributed by atoms with Gasteiger partial charge in [-0.25, -0.2) is 4.68 Å². The summed E-state index contributed by atoms with van der Waals surface area (Å²) in [5.41, 5.74) is 5.58. The van der Waals surface area contributed by atoms with Crippen molar-refractivity contribution in [2.45, 2.75) is 26.9 Å². The summed E-state index contributed by atoms with van der Waals surface area (Å²) in [4.78, 5) is 17.5. The lowest BCUT2D eigenvalue weighted by Crippen LogP contribution is -2.43. The molecule has 0 saturated carbocycles. The zero-order valence-corrected chi connectivity index (χ0v) is 19.7. The van der Waals surface area contributed by atoms with E-state index in [9.17, 15) is 4.79 Å².